The summed E-state index contributed by atoms with van der Waals surface area (Å²) >= 11 is 0. The highest BCUT2D eigenvalue weighted by atomic mass is 16.2. The van der Waals surface area contributed by atoms with E-state index < -0.39 is 0 Å². The molecule has 2 aromatic rings. The Bertz CT molecular complexity index is 623. The number of anilines is 1. The fraction of sp³-hybridized carbons (Fsp3) is 0.400. The predicted octanol–water partition coefficient (Wildman–Crippen LogP) is 1.98. The van der Waals surface area contributed by atoms with Crippen LogP contribution in [-0.4, -0.2) is 26.8 Å². The third kappa shape index (κ3) is 3.39. The highest BCUT2D eigenvalue weighted by molar-refractivity contribution is 5.89. The molecule has 2 N–H and O–H groups in total. The zero-order chi connectivity index (χ0) is 14.7. The highest BCUT2D eigenvalue weighted by Gasteiger charge is 2.12. The van der Waals surface area contributed by atoms with Gasteiger partial charge in [0.15, 0.2) is 0 Å². The van der Waals surface area contributed by atoms with Gasteiger partial charge in [-0.2, -0.15) is 5.10 Å². The van der Waals surface area contributed by atoms with Gasteiger partial charge in [0, 0.05) is 11.7 Å². The van der Waals surface area contributed by atoms with Crippen molar-refractivity contribution in [1.82, 2.24) is 20.1 Å². The summed E-state index contributed by atoms with van der Waals surface area (Å²) < 4.78 is 1.69. The fourth-order valence-corrected chi connectivity index (χ4v) is 2.69. The molecule has 1 aliphatic carbocycles. The monoisotopic (exact) mass is 285 g/mol. The van der Waals surface area contributed by atoms with Gasteiger partial charge in [-0.25, -0.2) is 9.78 Å². The number of amides is 2. The van der Waals surface area contributed by atoms with Crippen LogP contribution >= 0.6 is 0 Å². The first-order valence-corrected chi connectivity index (χ1v) is 7.22. The van der Waals surface area contributed by atoms with Crippen molar-refractivity contribution >= 4 is 11.7 Å². The molecule has 0 aliphatic heterocycles. The van der Waals surface area contributed by atoms with Crippen molar-refractivity contribution in [3.63, 3.8) is 0 Å². The lowest BCUT2D eigenvalue weighted by Gasteiger charge is -2.15. The van der Waals surface area contributed by atoms with Crippen LogP contribution in [-0.2, 0) is 19.4 Å². The van der Waals surface area contributed by atoms with Gasteiger partial charge in [-0.15, -0.1) is 0 Å². The molecule has 0 bridgehead atoms. The predicted molar refractivity (Wildman–Crippen MR) is 80.1 cm³/mol. The van der Waals surface area contributed by atoms with Gasteiger partial charge in [0.1, 0.15) is 12.7 Å². The molecule has 21 heavy (non-hydrogen) atoms. The third-order valence-corrected chi connectivity index (χ3v) is 3.66. The van der Waals surface area contributed by atoms with E-state index in [4.69, 9.17) is 0 Å². The van der Waals surface area contributed by atoms with Crippen molar-refractivity contribution in [2.75, 3.05) is 5.32 Å². The summed E-state index contributed by atoms with van der Waals surface area (Å²) in [4.78, 5) is 15.9. The summed E-state index contributed by atoms with van der Waals surface area (Å²) in [6.45, 7) is 2.53. The summed E-state index contributed by atoms with van der Waals surface area (Å²) in [7, 11) is 0. The number of fused-ring (bicyclic) bond motifs is 1. The van der Waals surface area contributed by atoms with Crippen molar-refractivity contribution in [2.45, 2.75) is 38.8 Å². The fourth-order valence-electron chi connectivity index (χ4n) is 2.69. The summed E-state index contributed by atoms with van der Waals surface area (Å²) in [5.74, 6) is 0. The number of carbonyl (C=O) groups excluding carboxylic acids is 1. The Hall–Kier alpha value is -2.37. The maximum Gasteiger partial charge on any atom is 0.319 e. The quantitative estimate of drug-likeness (QED) is 0.902. The van der Waals surface area contributed by atoms with E-state index in [0.717, 1.165) is 18.5 Å². The SMILES string of the molecule is C[C@@H](Cn1cncn1)NC(=O)Nc1ccc2c(c1)CCC2. The minimum absolute atomic E-state index is 0.0267. The van der Waals surface area contributed by atoms with Crippen molar-refractivity contribution in [2.24, 2.45) is 0 Å². The van der Waals surface area contributed by atoms with Gasteiger partial charge in [-0.3, -0.25) is 4.68 Å². The maximum atomic E-state index is 12.0. The topological polar surface area (TPSA) is 71.8 Å². The molecule has 0 saturated carbocycles. The number of urea groups is 1. The molecule has 0 radical (unpaired) electrons. The van der Waals surface area contributed by atoms with Crippen molar-refractivity contribution in [3.05, 3.63) is 42.0 Å². The minimum atomic E-state index is -0.194. The van der Waals surface area contributed by atoms with Gasteiger partial charge < -0.3 is 10.6 Å². The zero-order valence-electron chi connectivity index (χ0n) is 12.0. The van der Waals surface area contributed by atoms with Gasteiger partial charge in [0.05, 0.1) is 6.54 Å². The molecular formula is C15H19N5O. The first-order chi connectivity index (χ1) is 10.2. The molecular weight excluding hydrogens is 266 g/mol. The molecule has 1 aliphatic rings. The first-order valence-electron chi connectivity index (χ1n) is 7.22. The number of rotatable bonds is 4. The molecule has 0 fully saturated rings. The summed E-state index contributed by atoms with van der Waals surface area (Å²) in [5.41, 5.74) is 3.60. The second-order valence-corrected chi connectivity index (χ2v) is 5.45. The Kier molecular flexibility index (Phi) is 3.85. The van der Waals surface area contributed by atoms with E-state index >= 15 is 0 Å². The minimum Gasteiger partial charge on any atom is -0.334 e. The second-order valence-electron chi connectivity index (χ2n) is 5.45. The molecule has 6 nitrogen and oxygen atoms in total. The third-order valence-electron chi connectivity index (χ3n) is 3.66. The van der Waals surface area contributed by atoms with Gasteiger partial charge >= 0.3 is 6.03 Å². The van der Waals surface area contributed by atoms with Gasteiger partial charge in [-0.1, -0.05) is 6.07 Å². The van der Waals surface area contributed by atoms with Crippen molar-refractivity contribution in [1.29, 1.82) is 0 Å². The van der Waals surface area contributed by atoms with Crippen LogP contribution in [0.2, 0.25) is 0 Å². The molecule has 3 rings (SSSR count). The number of nitrogens with zero attached hydrogens (tertiary/aromatic N) is 3. The Balaban J connectivity index is 1.54. The summed E-state index contributed by atoms with van der Waals surface area (Å²) in [6.07, 6.45) is 6.58. The molecule has 1 aromatic carbocycles. The van der Waals surface area contributed by atoms with Gasteiger partial charge in [-0.05, 0) is 49.4 Å². The van der Waals surface area contributed by atoms with Crippen molar-refractivity contribution in [3.8, 4) is 0 Å². The van der Waals surface area contributed by atoms with Crippen LogP contribution in [0, 0.1) is 0 Å². The number of hydrogen-bond acceptors (Lipinski definition) is 3. The van der Waals surface area contributed by atoms with Crippen LogP contribution in [0.15, 0.2) is 30.9 Å². The molecule has 1 heterocycles. The number of aryl methyl sites for hydroxylation is 2. The zero-order valence-corrected chi connectivity index (χ0v) is 12.0. The number of aromatic nitrogens is 3. The van der Waals surface area contributed by atoms with Crippen molar-refractivity contribution < 1.29 is 4.79 Å². The number of benzene rings is 1. The Morgan fingerprint density at radius 1 is 1.38 bits per heavy atom. The molecule has 1 aromatic heterocycles. The Labute approximate surface area is 123 Å². The summed E-state index contributed by atoms with van der Waals surface area (Å²) in [5, 5.41) is 9.80. The smallest absolute Gasteiger partial charge is 0.319 e. The van der Waals surface area contributed by atoms with Crippen LogP contribution in [0.25, 0.3) is 0 Å². The van der Waals surface area contributed by atoms with E-state index in [1.54, 1.807) is 11.0 Å². The number of carbonyl (C=O) groups is 1. The van der Waals surface area contributed by atoms with Gasteiger partial charge in [0.25, 0.3) is 0 Å². The molecule has 2 amide bonds. The van der Waals surface area contributed by atoms with E-state index in [-0.39, 0.29) is 12.1 Å². The maximum absolute atomic E-state index is 12.0. The largest absolute Gasteiger partial charge is 0.334 e. The van der Waals surface area contributed by atoms with E-state index in [2.05, 4.69) is 32.8 Å². The number of hydrogen-bond donors (Lipinski definition) is 2. The highest BCUT2D eigenvalue weighted by Crippen LogP contribution is 2.24. The lowest BCUT2D eigenvalue weighted by atomic mass is 10.1. The average Bonchev–Trinajstić information content (AvgIpc) is 3.08. The first kappa shape index (κ1) is 13.6. The molecule has 0 saturated heterocycles. The standard InChI is InChI=1S/C15H19N5O/c1-11(8-20-10-16-9-17-20)18-15(21)19-14-6-5-12-3-2-4-13(12)7-14/h5-7,9-11H,2-4,8H2,1H3,(H2,18,19,21)/t11-/m0/s1. The number of nitrogens with one attached hydrogen (secondary N) is 2. The van der Waals surface area contributed by atoms with E-state index in [1.165, 1.54) is 23.9 Å². The van der Waals surface area contributed by atoms with E-state index in [1.807, 2.05) is 13.0 Å². The summed E-state index contributed by atoms with van der Waals surface area (Å²) in [6, 6.07) is 5.92. The molecule has 1 atom stereocenters. The lowest BCUT2D eigenvalue weighted by Crippen LogP contribution is -2.38. The van der Waals surface area contributed by atoms with Crippen LogP contribution in [0.3, 0.4) is 0 Å². The van der Waals surface area contributed by atoms with Crippen LogP contribution in [0.5, 0.6) is 0 Å². The Morgan fingerprint density at radius 3 is 3.05 bits per heavy atom. The molecule has 110 valence electrons. The molecule has 0 unspecified atom stereocenters. The van der Waals surface area contributed by atoms with E-state index in [0.29, 0.717) is 6.54 Å². The van der Waals surface area contributed by atoms with E-state index in [9.17, 15) is 4.79 Å². The molecule has 6 heteroatoms. The van der Waals surface area contributed by atoms with Crippen LogP contribution in [0.4, 0.5) is 10.5 Å². The second kappa shape index (κ2) is 5.95. The lowest BCUT2D eigenvalue weighted by molar-refractivity contribution is 0.247. The molecule has 0 spiro atoms. The normalized spacial score (nSPS) is 14.5. The van der Waals surface area contributed by atoms with Crippen LogP contribution < -0.4 is 10.6 Å². The average molecular weight is 285 g/mol. The Morgan fingerprint density at radius 2 is 2.24 bits per heavy atom. The van der Waals surface area contributed by atoms with Gasteiger partial charge in [0.2, 0.25) is 0 Å². The van der Waals surface area contributed by atoms with Crippen LogP contribution in [0.1, 0.15) is 24.5 Å².